The molecule has 1 amide bonds. The molecule has 1 aromatic rings. The minimum Gasteiger partial charge on any atom is -0.397 e. The van der Waals surface area contributed by atoms with Gasteiger partial charge in [-0.2, -0.15) is 0 Å². The molecule has 0 aliphatic heterocycles. The third-order valence-corrected chi connectivity index (χ3v) is 4.35. The number of aliphatic hydroxyl groups excluding tert-OH is 1. The molecule has 1 aromatic carbocycles. The third-order valence-electron chi connectivity index (χ3n) is 3.53. The van der Waals surface area contributed by atoms with Crippen LogP contribution in [0.3, 0.4) is 0 Å². The summed E-state index contributed by atoms with van der Waals surface area (Å²) in [7, 11) is 0. The Morgan fingerprint density at radius 1 is 1.42 bits per heavy atom. The Hall–Kier alpha value is -0.970. The van der Waals surface area contributed by atoms with Crippen LogP contribution in [0.2, 0.25) is 10.0 Å². The van der Waals surface area contributed by atoms with Crippen molar-refractivity contribution < 1.29 is 9.90 Å². The zero-order chi connectivity index (χ0) is 14.0. The van der Waals surface area contributed by atoms with Crippen LogP contribution in [0, 0.1) is 5.92 Å². The van der Waals surface area contributed by atoms with Gasteiger partial charge in [0.15, 0.2) is 0 Å². The van der Waals surface area contributed by atoms with E-state index in [-0.39, 0.29) is 40.2 Å². The van der Waals surface area contributed by atoms with Crippen LogP contribution < -0.4 is 11.1 Å². The highest BCUT2D eigenvalue weighted by atomic mass is 35.5. The first-order valence-electron chi connectivity index (χ1n) is 6.19. The highest BCUT2D eigenvalue weighted by molar-refractivity contribution is 6.43. The van der Waals surface area contributed by atoms with Gasteiger partial charge in [-0.15, -0.1) is 0 Å². The van der Waals surface area contributed by atoms with E-state index in [1.165, 1.54) is 12.1 Å². The van der Waals surface area contributed by atoms with Crippen molar-refractivity contribution >= 4 is 34.8 Å². The molecule has 104 valence electrons. The number of nitrogens with one attached hydrogen (secondary N) is 1. The molecule has 19 heavy (non-hydrogen) atoms. The van der Waals surface area contributed by atoms with Crippen molar-refractivity contribution in [1.29, 1.82) is 0 Å². The maximum atomic E-state index is 12.1. The maximum absolute atomic E-state index is 12.1. The summed E-state index contributed by atoms with van der Waals surface area (Å²) in [6, 6.07) is 3.01. The van der Waals surface area contributed by atoms with Gasteiger partial charge in [-0.1, -0.05) is 29.6 Å². The van der Waals surface area contributed by atoms with Crippen LogP contribution in [0.4, 0.5) is 5.69 Å². The number of hydrogen-bond donors (Lipinski definition) is 3. The highest BCUT2D eigenvalue weighted by Gasteiger charge is 2.28. The fourth-order valence-electron chi connectivity index (χ4n) is 2.44. The SMILES string of the molecule is Nc1cc(C(=O)NC2CCCC2CO)cc(Cl)c1Cl. The summed E-state index contributed by atoms with van der Waals surface area (Å²) < 4.78 is 0. The first kappa shape index (κ1) is 14.4. The van der Waals surface area contributed by atoms with Crippen molar-refractivity contribution in [2.24, 2.45) is 5.92 Å². The number of aliphatic hydroxyl groups is 1. The summed E-state index contributed by atoms with van der Waals surface area (Å²) >= 11 is 11.8. The molecule has 0 aromatic heterocycles. The summed E-state index contributed by atoms with van der Waals surface area (Å²) in [5.41, 5.74) is 6.35. The zero-order valence-corrected chi connectivity index (χ0v) is 11.8. The number of hydrogen-bond acceptors (Lipinski definition) is 3. The fraction of sp³-hybridized carbons (Fsp3) is 0.462. The lowest BCUT2D eigenvalue weighted by Crippen LogP contribution is -2.38. The molecule has 0 saturated heterocycles. The second-order valence-corrected chi connectivity index (χ2v) is 5.60. The average Bonchev–Trinajstić information content (AvgIpc) is 2.82. The molecule has 2 rings (SSSR count). The van der Waals surface area contributed by atoms with Gasteiger partial charge in [0.1, 0.15) is 0 Å². The quantitative estimate of drug-likeness (QED) is 0.751. The van der Waals surface area contributed by atoms with E-state index in [1.807, 2.05) is 0 Å². The molecular formula is C13H16Cl2N2O2. The maximum Gasteiger partial charge on any atom is 0.251 e. The van der Waals surface area contributed by atoms with Crippen molar-refractivity contribution in [3.8, 4) is 0 Å². The van der Waals surface area contributed by atoms with Crippen molar-refractivity contribution in [2.45, 2.75) is 25.3 Å². The standard InChI is InChI=1S/C13H16Cl2N2O2/c14-9-4-8(5-10(16)12(9)15)13(19)17-11-3-1-2-7(11)6-18/h4-5,7,11,18H,1-3,6,16H2,(H,17,19). The fourth-order valence-corrected chi connectivity index (χ4v) is 2.77. The van der Waals surface area contributed by atoms with E-state index in [0.717, 1.165) is 19.3 Å². The van der Waals surface area contributed by atoms with E-state index in [4.69, 9.17) is 28.9 Å². The predicted molar refractivity (Wildman–Crippen MR) is 76.6 cm³/mol. The Morgan fingerprint density at radius 2 is 2.16 bits per heavy atom. The van der Waals surface area contributed by atoms with Gasteiger partial charge in [0.25, 0.3) is 5.91 Å². The zero-order valence-electron chi connectivity index (χ0n) is 10.3. The molecule has 0 bridgehead atoms. The van der Waals surface area contributed by atoms with E-state index in [0.29, 0.717) is 5.56 Å². The number of benzene rings is 1. The van der Waals surface area contributed by atoms with Crippen LogP contribution in [-0.2, 0) is 0 Å². The first-order valence-corrected chi connectivity index (χ1v) is 6.94. The second kappa shape index (κ2) is 5.99. The topological polar surface area (TPSA) is 75.4 Å². The van der Waals surface area contributed by atoms with Crippen LogP contribution in [0.5, 0.6) is 0 Å². The predicted octanol–water partition coefficient (Wildman–Crippen LogP) is 2.47. The van der Waals surface area contributed by atoms with E-state index >= 15 is 0 Å². The van der Waals surface area contributed by atoms with Crippen LogP contribution in [0.1, 0.15) is 29.6 Å². The molecule has 2 atom stereocenters. The lowest BCUT2D eigenvalue weighted by Gasteiger charge is -2.19. The van der Waals surface area contributed by atoms with E-state index in [9.17, 15) is 9.90 Å². The number of nitrogens with two attached hydrogens (primary N) is 1. The molecule has 1 fully saturated rings. The summed E-state index contributed by atoms with van der Waals surface area (Å²) in [4.78, 5) is 12.1. The Balaban J connectivity index is 2.12. The normalized spacial score (nSPS) is 22.5. The number of amides is 1. The Kier molecular flexibility index (Phi) is 4.55. The van der Waals surface area contributed by atoms with Crippen molar-refractivity contribution in [1.82, 2.24) is 5.32 Å². The van der Waals surface area contributed by atoms with E-state index in [2.05, 4.69) is 5.32 Å². The largest absolute Gasteiger partial charge is 0.397 e. The lowest BCUT2D eigenvalue weighted by atomic mass is 10.0. The van der Waals surface area contributed by atoms with Crippen LogP contribution in [0.25, 0.3) is 0 Å². The molecule has 1 aliphatic rings. The summed E-state index contributed by atoms with van der Waals surface area (Å²) in [5.74, 6) is -0.111. The minimum atomic E-state index is -0.240. The monoisotopic (exact) mass is 302 g/mol. The molecule has 0 radical (unpaired) electrons. The van der Waals surface area contributed by atoms with Gasteiger partial charge >= 0.3 is 0 Å². The van der Waals surface area contributed by atoms with Gasteiger partial charge in [-0.25, -0.2) is 0 Å². The Labute approximate surface area is 121 Å². The highest BCUT2D eigenvalue weighted by Crippen LogP contribution is 2.30. The first-order chi connectivity index (χ1) is 9.02. The number of nitrogen functional groups attached to an aromatic ring is 1. The molecular weight excluding hydrogens is 287 g/mol. The number of carbonyl (C=O) groups excluding carboxylic acids is 1. The number of carbonyl (C=O) groups is 1. The lowest BCUT2D eigenvalue weighted by molar-refractivity contribution is 0.0916. The minimum absolute atomic E-state index is 0.00757. The molecule has 0 heterocycles. The van der Waals surface area contributed by atoms with Crippen LogP contribution in [0.15, 0.2) is 12.1 Å². The van der Waals surface area contributed by atoms with Crippen LogP contribution >= 0.6 is 23.2 Å². The Morgan fingerprint density at radius 3 is 2.79 bits per heavy atom. The molecule has 2 unspecified atom stereocenters. The van der Waals surface area contributed by atoms with Crippen molar-refractivity contribution in [3.05, 3.63) is 27.7 Å². The molecule has 1 aliphatic carbocycles. The molecule has 0 spiro atoms. The van der Waals surface area contributed by atoms with Gasteiger partial charge in [0.05, 0.1) is 15.7 Å². The van der Waals surface area contributed by atoms with Gasteiger partial charge in [-0.05, 0) is 25.0 Å². The summed E-state index contributed by atoms with van der Waals surface area (Å²) in [6.45, 7) is 0.0917. The molecule has 1 saturated carbocycles. The van der Waals surface area contributed by atoms with Crippen molar-refractivity contribution in [2.75, 3.05) is 12.3 Å². The van der Waals surface area contributed by atoms with Gasteiger partial charge in [-0.3, -0.25) is 4.79 Å². The number of anilines is 1. The smallest absolute Gasteiger partial charge is 0.251 e. The van der Waals surface area contributed by atoms with Crippen molar-refractivity contribution in [3.63, 3.8) is 0 Å². The average molecular weight is 303 g/mol. The Bertz CT molecular complexity index is 471. The molecule has 4 nitrogen and oxygen atoms in total. The summed E-state index contributed by atoms with van der Waals surface area (Å²) in [5, 5.41) is 12.7. The number of rotatable bonds is 3. The van der Waals surface area contributed by atoms with Gasteiger partial charge in [0, 0.05) is 24.1 Å². The second-order valence-electron chi connectivity index (χ2n) is 4.81. The number of halogens is 2. The van der Waals surface area contributed by atoms with Gasteiger partial charge in [0.2, 0.25) is 0 Å². The van der Waals surface area contributed by atoms with Crippen LogP contribution in [-0.4, -0.2) is 23.7 Å². The molecule has 6 heteroatoms. The van der Waals surface area contributed by atoms with E-state index in [1.54, 1.807) is 0 Å². The third kappa shape index (κ3) is 3.14. The van der Waals surface area contributed by atoms with Gasteiger partial charge < -0.3 is 16.2 Å². The summed E-state index contributed by atoms with van der Waals surface area (Å²) in [6.07, 6.45) is 2.83. The van der Waals surface area contributed by atoms with E-state index < -0.39 is 0 Å². The molecule has 4 N–H and O–H groups in total.